The number of hydrogen-bond acceptors (Lipinski definition) is 3. The van der Waals surface area contributed by atoms with E-state index in [1.807, 2.05) is 32.0 Å². The molecule has 0 saturated heterocycles. The zero-order valence-electron chi connectivity index (χ0n) is 13.1. The molecule has 2 N–H and O–H groups in total. The maximum absolute atomic E-state index is 6.13. The van der Waals surface area contributed by atoms with Crippen molar-refractivity contribution in [1.82, 2.24) is 0 Å². The van der Waals surface area contributed by atoms with Crippen molar-refractivity contribution in [1.29, 1.82) is 0 Å². The predicted molar refractivity (Wildman–Crippen MR) is 85.9 cm³/mol. The van der Waals surface area contributed by atoms with Crippen LogP contribution >= 0.6 is 0 Å². The molecule has 0 aromatic heterocycles. The van der Waals surface area contributed by atoms with Gasteiger partial charge in [0.2, 0.25) is 0 Å². The minimum atomic E-state index is -0.206. The van der Waals surface area contributed by atoms with E-state index in [9.17, 15) is 0 Å². The fourth-order valence-corrected chi connectivity index (χ4v) is 2.24. The van der Waals surface area contributed by atoms with Crippen LogP contribution in [0.25, 0.3) is 0 Å². The molecule has 0 aliphatic heterocycles. The van der Waals surface area contributed by atoms with Crippen LogP contribution in [0.5, 0.6) is 11.5 Å². The summed E-state index contributed by atoms with van der Waals surface area (Å²) in [5, 5.41) is 0. The molecule has 2 aromatic carbocycles. The Balaban J connectivity index is 2.30. The third kappa shape index (κ3) is 3.76. The molecule has 0 spiro atoms. The SMILES string of the molecule is COc1cc(C)ccc1OC(c1ccc(C)cc1)C(C)N. The van der Waals surface area contributed by atoms with Gasteiger partial charge >= 0.3 is 0 Å². The van der Waals surface area contributed by atoms with E-state index in [1.165, 1.54) is 5.56 Å². The fraction of sp³-hybridized carbons (Fsp3) is 0.333. The molecular formula is C18H23NO2. The maximum atomic E-state index is 6.13. The molecule has 0 bridgehead atoms. The van der Waals surface area contributed by atoms with Gasteiger partial charge in [-0.3, -0.25) is 0 Å². The molecule has 0 heterocycles. The highest BCUT2D eigenvalue weighted by Gasteiger charge is 2.20. The second-order valence-corrected chi connectivity index (χ2v) is 5.46. The van der Waals surface area contributed by atoms with Gasteiger partial charge < -0.3 is 15.2 Å². The Morgan fingerprint density at radius 3 is 2.10 bits per heavy atom. The van der Waals surface area contributed by atoms with Gasteiger partial charge in [-0.25, -0.2) is 0 Å². The highest BCUT2D eigenvalue weighted by Crippen LogP contribution is 2.33. The van der Waals surface area contributed by atoms with Crippen molar-refractivity contribution in [2.24, 2.45) is 5.73 Å². The van der Waals surface area contributed by atoms with Crippen LogP contribution in [0.15, 0.2) is 42.5 Å². The lowest BCUT2D eigenvalue weighted by Crippen LogP contribution is -2.29. The third-order valence-electron chi connectivity index (χ3n) is 3.46. The molecule has 0 aliphatic carbocycles. The molecule has 0 radical (unpaired) electrons. The molecule has 0 aliphatic rings. The Hall–Kier alpha value is -2.00. The molecule has 0 amide bonds. The minimum Gasteiger partial charge on any atom is -0.493 e. The van der Waals surface area contributed by atoms with Gasteiger partial charge in [0.05, 0.1) is 7.11 Å². The summed E-state index contributed by atoms with van der Waals surface area (Å²) in [7, 11) is 1.65. The number of benzene rings is 2. The van der Waals surface area contributed by atoms with E-state index >= 15 is 0 Å². The highest BCUT2D eigenvalue weighted by atomic mass is 16.5. The lowest BCUT2D eigenvalue weighted by molar-refractivity contribution is 0.173. The van der Waals surface area contributed by atoms with Crippen molar-refractivity contribution in [3.63, 3.8) is 0 Å². The van der Waals surface area contributed by atoms with E-state index in [-0.39, 0.29) is 12.1 Å². The molecule has 3 heteroatoms. The zero-order valence-corrected chi connectivity index (χ0v) is 13.1. The van der Waals surface area contributed by atoms with Crippen LogP contribution in [0.4, 0.5) is 0 Å². The minimum absolute atomic E-state index is 0.126. The van der Waals surface area contributed by atoms with Crippen LogP contribution in [0.2, 0.25) is 0 Å². The smallest absolute Gasteiger partial charge is 0.162 e. The van der Waals surface area contributed by atoms with E-state index < -0.39 is 0 Å². The van der Waals surface area contributed by atoms with Crippen molar-refractivity contribution in [2.75, 3.05) is 7.11 Å². The first-order valence-corrected chi connectivity index (χ1v) is 7.14. The van der Waals surface area contributed by atoms with Crippen molar-refractivity contribution < 1.29 is 9.47 Å². The van der Waals surface area contributed by atoms with E-state index in [0.717, 1.165) is 16.9 Å². The third-order valence-corrected chi connectivity index (χ3v) is 3.46. The highest BCUT2D eigenvalue weighted by molar-refractivity contribution is 5.43. The first-order valence-electron chi connectivity index (χ1n) is 7.14. The van der Waals surface area contributed by atoms with Gasteiger partial charge in [-0.05, 0) is 44.0 Å². The molecule has 21 heavy (non-hydrogen) atoms. The van der Waals surface area contributed by atoms with Crippen LogP contribution in [0.3, 0.4) is 0 Å². The van der Waals surface area contributed by atoms with E-state index in [0.29, 0.717) is 5.75 Å². The van der Waals surface area contributed by atoms with Crippen LogP contribution in [0.1, 0.15) is 29.7 Å². The monoisotopic (exact) mass is 285 g/mol. The lowest BCUT2D eigenvalue weighted by atomic mass is 10.0. The summed E-state index contributed by atoms with van der Waals surface area (Å²) in [6.45, 7) is 6.04. The van der Waals surface area contributed by atoms with Crippen LogP contribution in [-0.4, -0.2) is 13.2 Å². The van der Waals surface area contributed by atoms with Gasteiger partial charge in [0.15, 0.2) is 11.5 Å². The van der Waals surface area contributed by atoms with Gasteiger partial charge in [0, 0.05) is 6.04 Å². The quantitative estimate of drug-likeness (QED) is 0.909. The van der Waals surface area contributed by atoms with E-state index in [2.05, 4.69) is 31.2 Å². The number of hydrogen-bond donors (Lipinski definition) is 1. The summed E-state index contributed by atoms with van der Waals surface area (Å²) in [6.07, 6.45) is -0.206. The van der Waals surface area contributed by atoms with Crippen molar-refractivity contribution in [2.45, 2.75) is 32.9 Å². The summed E-state index contributed by atoms with van der Waals surface area (Å²) in [5.41, 5.74) is 9.53. The lowest BCUT2D eigenvalue weighted by Gasteiger charge is -2.24. The molecule has 0 saturated carbocycles. The molecule has 3 nitrogen and oxygen atoms in total. The topological polar surface area (TPSA) is 44.5 Å². The number of aryl methyl sites for hydroxylation is 2. The molecule has 0 fully saturated rings. The Bertz CT molecular complexity index is 591. The second-order valence-electron chi connectivity index (χ2n) is 5.46. The Morgan fingerprint density at radius 2 is 1.52 bits per heavy atom. The van der Waals surface area contributed by atoms with Crippen LogP contribution < -0.4 is 15.2 Å². The van der Waals surface area contributed by atoms with Gasteiger partial charge in [-0.2, -0.15) is 0 Å². The van der Waals surface area contributed by atoms with Gasteiger partial charge in [0.25, 0.3) is 0 Å². The average Bonchev–Trinajstić information content (AvgIpc) is 2.46. The Kier molecular flexibility index (Phi) is 4.86. The Labute approximate surface area is 126 Å². The molecular weight excluding hydrogens is 262 g/mol. The van der Waals surface area contributed by atoms with Crippen LogP contribution in [-0.2, 0) is 0 Å². The normalized spacial score (nSPS) is 13.6. The first kappa shape index (κ1) is 15.4. The second kappa shape index (κ2) is 6.64. The van der Waals surface area contributed by atoms with Crippen molar-refractivity contribution in [3.8, 4) is 11.5 Å². The molecule has 2 unspecified atom stereocenters. The van der Waals surface area contributed by atoms with Gasteiger partial charge in [-0.15, -0.1) is 0 Å². The molecule has 2 rings (SSSR count). The molecule has 2 aromatic rings. The fourth-order valence-electron chi connectivity index (χ4n) is 2.24. The summed E-state index contributed by atoms with van der Waals surface area (Å²) in [4.78, 5) is 0. The number of rotatable bonds is 5. The first-order chi connectivity index (χ1) is 10.0. The summed E-state index contributed by atoms with van der Waals surface area (Å²) >= 11 is 0. The van der Waals surface area contributed by atoms with Gasteiger partial charge in [-0.1, -0.05) is 35.9 Å². The largest absolute Gasteiger partial charge is 0.493 e. The van der Waals surface area contributed by atoms with Crippen molar-refractivity contribution in [3.05, 3.63) is 59.2 Å². The van der Waals surface area contributed by atoms with E-state index in [4.69, 9.17) is 15.2 Å². The molecule has 112 valence electrons. The zero-order chi connectivity index (χ0) is 15.4. The summed E-state index contributed by atoms with van der Waals surface area (Å²) in [5.74, 6) is 1.44. The average molecular weight is 285 g/mol. The number of nitrogens with two attached hydrogens (primary N) is 1. The number of methoxy groups -OCH3 is 1. The number of ether oxygens (including phenoxy) is 2. The summed E-state index contributed by atoms with van der Waals surface area (Å²) < 4.78 is 11.5. The predicted octanol–water partition coefficient (Wildman–Crippen LogP) is 3.78. The molecule has 2 atom stereocenters. The summed E-state index contributed by atoms with van der Waals surface area (Å²) in [6, 6.07) is 14.0. The van der Waals surface area contributed by atoms with Crippen LogP contribution in [0, 0.1) is 13.8 Å². The van der Waals surface area contributed by atoms with Gasteiger partial charge in [0.1, 0.15) is 6.10 Å². The van der Waals surface area contributed by atoms with E-state index in [1.54, 1.807) is 7.11 Å². The Morgan fingerprint density at radius 1 is 0.905 bits per heavy atom. The van der Waals surface area contributed by atoms with Crippen molar-refractivity contribution >= 4 is 0 Å². The maximum Gasteiger partial charge on any atom is 0.162 e. The standard InChI is InChI=1S/C18H23NO2/c1-12-5-8-15(9-6-12)18(14(3)19)21-16-10-7-13(2)11-17(16)20-4/h5-11,14,18H,19H2,1-4H3.